The summed E-state index contributed by atoms with van der Waals surface area (Å²) < 4.78 is 1.75. The molecule has 2 rings (SSSR count). The number of carbonyl (C=O) groups is 1. The molecule has 1 aliphatic rings. The first-order valence-electron chi connectivity index (χ1n) is 5.49. The van der Waals surface area contributed by atoms with Gasteiger partial charge in [-0.05, 0) is 50.8 Å². The fourth-order valence-electron chi connectivity index (χ4n) is 2.07. The maximum absolute atomic E-state index is 11.9. The molecule has 0 bridgehead atoms. The Labute approximate surface area is 121 Å². The van der Waals surface area contributed by atoms with Crippen LogP contribution in [0.15, 0.2) is 13.6 Å². The van der Waals surface area contributed by atoms with Crippen LogP contribution >= 0.6 is 43.2 Å². The second kappa shape index (κ2) is 5.82. The lowest BCUT2D eigenvalue weighted by Gasteiger charge is -2.14. The largest absolute Gasteiger partial charge is 0.393 e. The molecular weight excluding hydrogens is 370 g/mol. The molecule has 0 aromatic carbocycles. The molecule has 17 heavy (non-hydrogen) atoms. The van der Waals surface area contributed by atoms with Crippen LogP contribution < -0.4 is 5.32 Å². The highest BCUT2D eigenvalue weighted by Gasteiger charge is 2.25. The summed E-state index contributed by atoms with van der Waals surface area (Å²) in [5.41, 5.74) is 0.648. The van der Waals surface area contributed by atoms with E-state index in [0.29, 0.717) is 12.1 Å². The summed E-state index contributed by atoms with van der Waals surface area (Å²) in [7, 11) is 0. The van der Waals surface area contributed by atoms with Crippen molar-refractivity contribution in [3.8, 4) is 0 Å². The Bertz CT molecular complexity index is 422. The monoisotopic (exact) mass is 381 g/mol. The Hall–Kier alpha value is 0.0900. The van der Waals surface area contributed by atoms with Gasteiger partial charge in [-0.25, -0.2) is 0 Å². The third-order valence-electron chi connectivity index (χ3n) is 3.05. The zero-order valence-corrected chi connectivity index (χ0v) is 13.1. The summed E-state index contributed by atoms with van der Waals surface area (Å²) >= 11 is 8.19. The van der Waals surface area contributed by atoms with Crippen LogP contribution in [0.25, 0.3) is 0 Å². The first-order valence-corrected chi connectivity index (χ1v) is 7.89. The fraction of sp³-hybridized carbons (Fsp3) is 0.545. The van der Waals surface area contributed by atoms with Crippen molar-refractivity contribution in [1.29, 1.82) is 0 Å². The minimum absolute atomic E-state index is 0.0853. The van der Waals surface area contributed by atoms with Gasteiger partial charge in [0, 0.05) is 12.5 Å². The number of hydrogen-bond acceptors (Lipinski definition) is 3. The third kappa shape index (κ3) is 3.30. The zero-order chi connectivity index (χ0) is 12.4. The van der Waals surface area contributed by atoms with Gasteiger partial charge in [-0.2, -0.15) is 0 Å². The number of nitrogens with one attached hydrogen (secondary N) is 1. The van der Waals surface area contributed by atoms with Gasteiger partial charge in [0.05, 0.1) is 19.2 Å². The number of hydrogen-bond donors (Lipinski definition) is 2. The molecule has 1 fully saturated rings. The molecule has 1 aliphatic carbocycles. The van der Waals surface area contributed by atoms with Crippen molar-refractivity contribution in [3.05, 3.63) is 19.2 Å². The van der Waals surface area contributed by atoms with Gasteiger partial charge in [-0.1, -0.05) is 6.42 Å². The smallest absolute Gasteiger partial charge is 0.253 e. The van der Waals surface area contributed by atoms with Gasteiger partial charge in [0.25, 0.3) is 5.91 Å². The first kappa shape index (κ1) is 13.5. The molecule has 0 spiro atoms. The molecule has 2 unspecified atom stereocenters. The van der Waals surface area contributed by atoms with Crippen LogP contribution in [0.3, 0.4) is 0 Å². The van der Waals surface area contributed by atoms with Crippen LogP contribution in [-0.4, -0.2) is 23.7 Å². The van der Waals surface area contributed by atoms with Crippen molar-refractivity contribution in [1.82, 2.24) is 5.32 Å². The van der Waals surface area contributed by atoms with Crippen LogP contribution in [0.4, 0.5) is 0 Å². The maximum atomic E-state index is 11.9. The third-order valence-corrected chi connectivity index (χ3v) is 5.38. The van der Waals surface area contributed by atoms with Gasteiger partial charge >= 0.3 is 0 Å². The molecule has 6 heteroatoms. The molecule has 1 amide bonds. The van der Waals surface area contributed by atoms with E-state index < -0.39 is 0 Å². The average Bonchev–Trinajstić information content (AvgIpc) is 2.81. The number of aliphatic hydroxyl groups excluding tert-OH is 1. The molecular formula is C11H13Br2NO2S. The SMILES string of the molecule is O=C(NCC1CCCC1O)c1cc(Br)sc1Br. The van der Waals surface area contributed by atoms with Gasteiger partial charge in [-0.15, -0.1) is 11.3 Å². The van der Waals surface area contributed by atoms with Crippen molar-refractivity contribution in [3.63, 3.8) is 0 Å². The van der Waals surface area contributed by atoms with Crippen LogP contribution in [-0.2, 0) is 0 Å². The quantitative estimate of drug-likeness (QED) is 0.843. The van der Waals surface area contributed by atoms with Crippen molar-refractivity contribution in [2.24, 2.45) is 5.92 Å². The highest BCUT2D eigenvalue weighted by atomic mass is 79.9. The van der Waals surface area contributed by atoms with E-state index in [2.05, 4.69) is 37.2 Å². The van der Waals surface area contributed by atoms with E-state index in [1.165, 1.54) is 11.3 Å². The van der Waals surface area contributed by atoms with Gasteiger partial charge in [0.1, 0.15) is 0 Å². The molecule has 0 aliphatic heterocycles. The highest BCUT2D eigenvalue weighted by molar-refractivity contribution is 9.12. The Morgan fingerprint density at radius 3 is 2.82 bits per heavy atom. The van der Waals surface area contributed by atoms with E-state index in [9.17, 15) is 9.90 Å². The highest BCUT2D eigenvalue weighted by Crippen LogP contribution is 2.32. The van der Waals surface area contributed by atoms with E-state index in [4.69, 9.17) is 0 Å². The summed E-state index contributed by atoms with van der Waals surface area (Å²) in [5, 5.41) is 12.5. The molecule has 2 atom stereocenters. The Morgan fingerprint density at radius 2 is 2.29 bits per heavy atom. The molecule has 1 heterocycles. The topological polar surface area (TPSA) is 49.3 Å². The Morgan fingerprint density at radius 1 is 1.53 bits per heavy atom. The molecule has 2 N–H and O–H groups in total. The predicted molar refractivity (Wildman–Crippen MR) is 75.4 cm³/mol. The van der Waals surface area contributed by atoms with Crippen molar-refractivity contribution in [2.75, 3.05) is 6.54 Å². The summed E-state index contributed by atoms with van der Waals surface area (Å²) in [6.07, 6.45) is 2.65. The van der Waals surface area contributed by atoms with Gasteiger partial charge in [-0.3, -0.25) is 4.79 Å². The lowest BCUT2D eigenvalue weighted by Crippen LogP contribution is -2.32. The Kier molecular flexibility index (Phi) is 4.63. The molecule has 1 aromatic rings. The number of aliphatic hydroxyl groups is 1. The predicted octanol–water partition coefficient (Wildman–Crippen LogP) is 3.16. The molecule has 1 aromatic heterocycles. The average molecular weight is 383 g/mol. The lowest BCUT2D eigenvalue weighted by molar-refractivity contribution is 0.0916. The van der Waals surface area contributed by atoms with Gasteiger partial charge in [0.15, 0.2) is 0 Å². The molecule has 0 radical (unpaired) electrons. The number of thiophene rings is 1. The lowest BCUT2D eigenvalue weighted by atomic mass is 10.1. The molecule has 1 saturated carbocycles. The minimum Gasteiger partial charge on any atom is -0.393 e. The van der Waals surface area contributed by atoms with Crippen molar-refractivity contribution < 1.29 is 9.90 Å². The van der Waals surface area contributed by atoms with E-state index in [1.54, 1.807) is 6.07 Å². The van der Waals surface area contributed by atoms with Gasteiger partial charge in [0.2, 0.25) is 0 Å². The molecule has 0 saturated heterocycles. The van der Waals surface area contributed by atoms with E-state index in [1.807, 2.05) is 0 Å². The van der Waals surface area contributed by atoms with Crippen LogP contribution in [0, 0.1) is 5.92 Å². The first-order chi connectivity index (χ1) is 8.08. The summed E-state index contributed by atoms with van der Waals surface area (Å²) in [4.78, 5) is 11.9. The standard InChI is InChI=1S/C11H13Br2NO2S/c12-9-4-7(10(13)17-9)11(16)14-5-6-2-1-3-8(6)15/h4,6,8,15H,1-3,5H2,(H,14,16). The second-order valence-electron chi connectivity index (χ2n) is 4.21. The summed E-state index contributed by atoms with van der Waals surface area (Å²) in [5.74, 6) is 0.123. The number of rotatable bonds is 3. The summed E-state index contributed by atoms with van der Waals surface area (Å²) in [6.45, 7) is 0.555. The molecule has 94 valence electrons. The number of amides is 1. The van der Waals surface area contributed by atoms with E-state index in [0.717, 1.165) is 26.8 Å². The Balaban J connectivity index is 1.91. The van der Waals surface area contributed by atoms with Crippen LogP contribution in [0.5, 0.6) is 0 Å². The normalized spacial score (nSPS) is 23.9. The zero-order valence-electron chi connectivity index (χ0n) is 9.08. The van der Waals surface area contributed by atoms with Crippen molar-refractivity contribution >= 4 is 49.1 Å². The number of carbonyl (C=O) groups excluding carboxylic acids is 1. The second-order valence-corrected chi connectivity index (χ2v) is 7.96. The summed E-state index contributed by atoms with van der Waals surface area (Å²) in [6, 6.07) is 1.80. The van der Waals surface area contributed by atoms with Gasteiger partial charge < -0.3 is 10.4 Å². The van der Waals surface area contributed by atoms with Crippen molar-refractivity contribution in [2.45, 2.75) is 25.4 Å². The van der Waals surface area contributed by atoms with E-state index >= 15 is 0 Å². The van der Waals surface area contributed by atoms with Crippen LogP contribution in [0.2, 0.25) is 0 Å². The number of halogens is 2. The minimum atomic E-state index is -0.257. The fourth-order valence-corrected chi connectivity index (χ4v) is 4.86. The maximum Gasteiger partial charge on any atom is 0.253 e. The molecule has 3 nitrogen and oxygen atoms in total. The van der Waals surface area contributed by atoms with E-state index in [-0.39, 0.29) is 17.9 Å². The van der Waals surface area contributed by atoms with Crippen LogP contribution in [0.1, 0.15) is 29.6 Å².